The summed E-state index contributed by atoms with van der Waals surface area (Å²) in [4.78, 5) is 34.3. The lowest BCUT2D eigenvalue weighted by Crippen LogP contribution is -2.34. The third-order valence-corrected chi connectivity index (χ3v) is 8.28. The smallest absolute Gasteiger partial charge is 0.243 e. The van der Waals surface area contributed by atoms with Crippen LogP contribution in [0.3, 0.4) is 0 Å². The topological polar surface area (TPSA) is 113 Å². The van der Waals surface area contributed by atoms with E-state index in [2.05, 4.69) is 9.97 Å². The second-order valence-corrected chi connectivity index (χ2v) is 11.2. The van der Waals surface area contributed by atoms with Crippen molar-refractivity contribution in [2.75, 3.05) is 27.7 Å². The summed E-state index contributed by atoms with van der Waals surface area (Å²) in [6.45, 7) is 5.37. The lowest BCUT2D eigenvalue weighted by Gasteiger charge is -2.20. The maximum atomic E-state index is 13.1. The molecular formula is C27H34N4O5S. The molecule has 37 heavy (non-hydrogen) atoms. The number of carbonyl (C=O) groups is 2. The summed E-state index contributed by atoms with van der Waals surface area (Å²) in [5, 5.41) is 0. The van der Waals surface area contributed by atoms with Gasteiger partial charge in [-0.05, 0) is 55.2 Å². The first kappa shape index (κ1) is 28.1. The van der Waals surface area contributed by atoms with Crippen LogP contribution < -0.4 is 4.74 Å². The van der Waals surface area contributed by atoms with Crippen LogP contribution in [-0.4, -0.2) is 67.0 Å². The molecule has 0 radical (unpaired) electrons. The summed E-state index contributed by atoms with van der Waals surface area (Å²) >= 11 is 0. The highest BCUT2D eigenvalue weighted by atomic mass is 32.2. The van der Waals surface area contributed by atoms with Gasteiger partial charge in [-0.25, -0.2) is 13.4 Å². The van der Waals surface area contributed by atoms with Gasteiger partial charge in [0.15, 0.2) is 0 Å². The SMILES string of the molecule is COc1cc(C)c(S(=O)(=O)N(C)CC(=O)CCC(=O)N(C)Cc2ccc(-c3cnc(C)[nH]3)cc2)c(C)c1. The number of nitrogens with zero attached hydrogens (tertiary/aromatic N) is 3. The number of methoxy groups -OCH3 is 1. The largest absolute Gasteiger partial charge is 0.497 e. The summed E-state index contributed by atoms with van der Waals surface area (Å²) in [5.74, 6) is 0.901. The number of ether oxygens (including phenoxy) is 1. The van der Waals surface area contributed by atoms with Crippen molar-refractivity contribution in [2.24, 2.45) is 0 Å². The van der Waals surface area contributed by atoms with Crippen molar-refractivity contribution in [3.8, 4) is 17.0 Å². The molecule has 3 rings (SSSR count). The van der Waals surface area contributed by atoms with Gasteiger partial charge in [-0.3, -0.25) is 9.59 Å². The number of ketones is 1. The van der Waals surface area contributed by atoms with Gasteiger partial charge < -0.3 is 14.6 Å². The van der Waals surface area contributed by atoms with Crippen LogP contribution in [0.15, 0.2) is 47.5 Å². The second kappa shape index (κ2) is 11.7. The van der Waals surface area contributed by atoms with Crippen molar-refractivity contribution in [3.05, 3.63) is 65.1 Å². The van der Waals surface area contributed by atoms with E-state index in [1.807, 2.05) is 31.2 Å². The number of H-pyrrole nitrogens is 1. The van der Waals surface area contributed by atoms with E-state index in [0.717, 1.165) is 27.0 Å². The average molecular weight is 527 g/mol. The van der Waals surface area contributed by atoms with Crippen LogP contribution in [-0.2, 0) is 26.2 Å². The summed E-state index contributed by atoms with van der Waals surface area (Å²) in [5.41, 5.74) is 3.97. The number of benzene rings is 2. The first-order chi connectivity index (χ1) is 17.4. The number of nitrogens with one attached hydrogen (secondary N) is 1. The zero-order valence-corrected chi connectivity index (χ0v) is 23.0. The summed E-state index contributed by atoms with van der Waals surface area (Å²) in [6, 6.07) is 11.1. The molecule has 1 amide bonds. The highest BCUT2D eigenvalue weighted by Gasteiger charge is 2.27. The van der Waals surface area contributed by atoms with Gasteiger partial charge in [-0.1, -0.05) is 24.3 Å². The number of rotatable bonds is 11. The van der Waals surface area contributed by atoms with Crippen LogP contribution in [0.5, 0.6) is 5.75 Å². The Hall–Kier alpha value is -3.50. The Morgan fingerprint density at radius 1 is 1.00 bits per heavy atom. The van der Waals surface area contributed by atoms with Gasteiger partial charge in [0.05, 0.1) is 30.4 Å². The molecule has 0 saturated heterocycles. The van der Waals surface area contributed by atoms with Gasteiger partial charge >= 0.3 is 0 Å². The standard InChI is InChI=1S/C27H34N4O5S/c1-18-13-24(36-6)14-19(2)27(18)37(34,35)31(5)17-23(32)11-12-26(33)30(4)16-21-7-9-22(10-8-21)25-15-28-20(3)29-25/h7-10,13-15H,11-12,16-17H2,1-6H3,(H,28,29). The van der Waals surface area contributed by atoms with Gasteiger partial charge in [0.1, 0.15) is 17.4 Å². The molecule has 1 heterocycles. The number of carbonyl (C=O) groups excluding carboxylic acids is 2. The molecule has 3 aromatic rings. The minimum Gasteiger partial charge on any atom is -0.497 e. The van der Waals surface area contributed by atoms with Gasteiger partial charge in [0.2, 0.25) is 15.9 Å². The van der Waals surface area contributed by atoms with Crippen molar-refractivity contribution >= 4 is 21.7 Å². The molecule has 9 nitrogen and oxygen atoms in total. The second-order valence-electron chi connectivity index (χ2n) is 9.22. The fraction of sp³-hybridized carbons (Fsp3) is 0.370. The number of imidazole rings is 1. The molecule has 0 unspecified atom stereocenters. The van der Waals surface area contributed by atoms with Gasteiger partial charge in [0.25, 0.3) is 0 Å². The number of sulfonamides is 1. The molecule has 1 aromatic heterocycles. The molecular weight excluding hydrogens is 492 g/mol. The first-order valence-corrected chi connectivity index (χ1v) is 13.3. The van der Waals surface area contributed by atoms with Crippen LogP contribution in [0.25, 0.3) is 11.3 Å². The third-order valence-electron chi connectivity index (χ3n) is 6.17. The van der Waals surface area contributed by atoms with E-state index in [4.69, 9.17) is 4.74 Å². The van der Waals surface area contributed by atoms with Crippen LogP contribution >= 0.6 is 0 Å². The van der Waals surface area contributed by atoms with Crippen molar-refractivity contribution in [2.45, 2.75) is 45.1 Å². The molecule has 10 heteroatoms. The van der Waals surface area contributed by atoms with E-state index in [-0.39, 0.29) is 36.0 Å². The Morgan fingerprint density at radius 3 is 2.16 bits per heavy atom. The number of aromatic amines is 1. The molecule has 2 aromatic carbocycles. The molecule has 0 aliphatic heterocycles. The van der Waals surface area contributed by atoms with E-state index in [1.54, 1.807) is 44.1 Å². The highest BCUT2D eigenvalue weighted by Crippen LogP contribution is 2.27. The minimum absolute atomic E-state index is 0.00924. The fourth-order valence-electron chi connectivity index (χ4n) is 4.16. The van der Waals surface area contributed by atoms with Gasteiger partial charge in [0, 0.05) is 33.5 Å². The molecule has 0 spiro atoms. The number of hydrogen-bond donors (Lipinski definition) is 1. The molecule has 0 fully saturated rings. The molecule has 0 aliphatic rings. The number of hydrogen-bond acceptors (Lipinski definition) is 6. The van der Waals surface area contributed by atoms with E-state index in [1.165, 1.54) is 14.2 Å². The first-order valence-electron chi connectivity index (χ1n) is 11.9. The molecule has 0 bridgehead atoms. The average Bonchev–Trinajstić information content (AvgIpc) is 3.28. The maximum absolute atomic E-state index is 13.1. The molecule has 1 N–H and O–H groups in total. The van der Waals surface area contributed by atoms with Crippen LogP contribution in [0.4, 0.5) is 0 Å². The van der Waals surface area contributed by atoms with Crippen molar-refractivity contribution in [1.29, 1.82) is 0 Å². The molecule has 0 atom stereocenters. The Labute approximate surface area is 218 Å². The monoisotopic (exact) mass is 526 g/mol. The van der Waals surface area contributed by atoms with Crippen molar-refractivity contribution < 1.29 is 22.7 Å². The Morgan fingerprint density at radius 2 is 1.62 bits per heavy atom. The Balaban J connectivity index is 1.53. The number of likely N-dealkylation sites (N-methyl/N-ethyl adjacent to an activating group) is 1. The molecule has 0 saturated carbocycles. The summed E-state index contributed by atoms with van der Waals surface area (Å²) in [6.07, 6.45) is 1.75. The summed E-state index contributed by atoms with van der Waals surface area (Å²) < 4.78 is 32.5. The zero-order valence-electron chi connectivity index (χ0n) is 22.2. The van der Waals surface area contributed by atoms with Crippen molar-refractivity contribution in [1.82, 2.24) is 19.2 Å². The van der Waals surface area contributed by atoms with Crippen LogP contribution in [0.1, 0.15) is 35.4 Å². The predicted octanol–water partition coefficient (Wildman–Crippen LogP) is 3.64. The number of amides is 1. The fourth-order valence-corrected chi connectivity index (χ4v) is 5.72. The Kier molecular flexibility index (Phi) is 8.88. The molecule has 0 aliphatic carbocycles. The van der Waals surface area contributed by atoms with Crippen LogP contribution in [0.2, 0.25) is 0 Å². The van der Waals surface area contributed by atoms with E-state index in [9.17, 15) is 18.0 Å². The lowest BCUT2D eigenvalue weighted by molar-refractivity contribution is -0.132. The highest BCUT2D eigenvalue weighted by molar-refractivity contribution is 7.89. The number of aryl methyl sites for hydroxylation is 3. The lowest BCUT2D eigenvalue weighted by atomic mass is 10.1. The van der Waals surface area contributed by atoms with Crippen LogP contribution in [0, 0.1) is 20.8 Å². The minimum atomic E-state index is -3.88. The quantitative estimate of drug-likeness (QED) is 0.408. The van der Waals surface area contributed by atoms with Crippen molar-refractivity contribution in [3.63, 3.8) is 0 Å². The molecule has 198 valence electrons. The normalized spacial score (nSPS) is 11.5. The van der Waals surface area contributed by atoms with E-state index >= 15 is 0 Å². The van der Waals surface area contributed by atoms with E-state index < -0.39 is 10.0 Å². The van der Waals surface area contributed by atoms with Gasteiger partial charge in [-0.2, -0.15) is 4.31 Å². The van der Waals surface area contributed by atoms with E-state index in [0.29, 0.717) is 23.4 Å². The van der Waals surface area contributed by atoms with Gasteiger partial charge in [-0.15, -0.1) is 0 Å². The number of Topliss-reactive ketones (excluding diaryl/α,β-unsaturated/α-hetero) is 1. The number of aromatic nitrogens is 2. The Bertz CT molecular complexity index is 1360. The predicted molar refractivity (Wildman–Crippen MR) is 142 cm³/mol. The summed E-state index contributed by atoms with van der Waals surface area (Å²) in [7, 11) is 0.695. The third kappa shape index (κ3) is 6.84. The zero-order chi connectivity index (χ0) is 27.3. The maximum Gasteiger partial charge on any atom is 0.243 e.